The molecular weight excluding hydrogens is 244 g/mol. The first kappa shape index (κ1) is 13.2. The van der Waals surface area contributed by atoms with Crippen molar-refractivity contribution in [1.82, 2.24) is 4.98 Å². The summed E-state index contributed by atoms with van der Waals surface area (Å²) in [6.45, 7) is 6.64. The van der Waals surface area contributed by atoms with E-state index < -0.39 is 0 Å². The van der Waals surface area contributed by atoms with Crippen LogP contribution in [0.25, 0.3) is 0 Å². The minimum absolute atomic E-state index is 0.164. The molecule has 2 heteroatoms. The lowest BCUT2D eigenvalue weighted by Gasteiger charge is -2.18. The summed E-state index contributed by atoms with van der Waals surface area (Å²) in [7, 11) is 0. The Hall–Kier alpha value is -1.83. The molecule has 2 aromatic rings. The first-order valence-electron chi connectivity index (χ1n) is 7.32. The summed E-state index contributed by atoms with van der Waals surface area (Å²) < 4.78 is 0. The highest BCUT2D eigenvalue weighted by Crippen LogP contribution is 2.42. The molecule has 1 N–H and O–H groups in total. The Morgan fingerprint density at radius 2 is 1.80 bits per heavy atom. The Morgan fingerprint density at radius 1 is 1.05 bits per heavy atom. The van der Waals surface area contributed by atoms with Gasteiger partial charge in [0.1, 0.15) is 5.82 Å². The summed E-state index contributed by atoms with van der Waals surface area (Å²) >= 11 is 0. The van der Waals surface area contributed by atoms with Crippen molar-refractivity contribution >= 4 is 5.82 Å². The Kier molecular flexibility index (Phi) is 3.25. The summed E-state index contributed by atoms with van der Waals surface area (Å²) in [5, 5.41) is 3.53. The van der Waals surface area contributed by atoms with Crippen LogP contribution in [-0.2, 0) is 5.41 Å². The van der Waals surface area contributed by atoms with Gasteiger partial charge >= 0.3 is 0 Å². The van der Waals surface area contributed by atoms with Gasteiger partial charge in [0, 0.05) is 18.2 Å². The average molecular weight is 266 g/mol. The summed E-state index contributed by atoms with van der Waals surface area (Å²) in [5.74, 6) is 1.63. The molecule has 1 aliphatic rings. The van der Waals surface area contributed by atoms with E-state index in [2.05, 4.69) is 73.5 Å². The first-order chi connectivity index (χ1) is 9.54. The first-order valence-corrected chi connectivity index (χ1v) is 7.32. The predicted molar refractivity (Wildman–Crippen MR) is 84.1 cm³/mol. The van der Waals surface area contributed by atoms with Crippen molar-refractivity contribution < 1.29 is 0 Å². The van der Waals surface area contributed by atoms with Crippen LogP contribution in [0, 0.1) is 0 Å². The van der Waals surface area contributed by atoms with Crippen LogP contribution in [-0.4, -0.2) is 11.0 Å². The number of anilines is 1. The predicted octanol–water partition coefficient (Wildman–Crippen LogP) is 4.35. The fourth-order valence-corrected chi connectivity index (χ4v) is 2.54. The fraction of sp³-hybridized carbons (Fsp3) is 0.389. The molecule has 104 valence electrons. The Morgan fingerprint density at radius 3 is 2.40 bits per heavy atom. The van der Waals surface area contributed by atoms with Crippen molar-refractivity contribution in [2.45, 2.75) is 44.6 Å². The smallest absolute Gasteiger partial charge is 0.126 e. The number of nitrogens with one attached hydrogen (secondary N) is 1. The number of hydrogen-bond acceptors (Lipinski definition) is 2. The Bertz CT molecular complexity index is 567. The van der Waals surface area contributed by atoms with Gasteiger partial charge in [-0.05, 0) is 29.0 Å². The number of aromatic nitrogens is 1. The average Bonchev–Trinajstić information content (AvgIpc) is 3.19. The van der Waals surface area contributed by atoms with Crippen molar-refractivity contribution in [2.24, 2.45) is 0 Å². The van der Waals surface area contributed by atoms with Crippen LogP contribution in [0.2, 0.25) is 0 Å². The van der Waals surface area contributed by atoms with Crippen LogP contribution >= 0.6 is 0 Å². The molecule has 20 heavy (non-hydrogen) atoms. The number of hydrogen-bond donors (Lipinski definition) is 1. The van der Waals surface area contributed by atoms with Crippen molar-refractivity contribution in [3.8, 4) is 0 Å². The molecular formula is C18H22N2. The highest BCUT2D eigenvalue weighted by atomic mass is 15.0. The van der Waals surface area contributed by atoms with Gasteiger partial charge in [0.25, 0.3) is 0 Å². The molecule has 0 saturated heterocycles. The van der Waals surface area contributed by atoms with Gasteiger partial charge in [0.2, 0.25) is 0 Å². The van der Waals surface area contributed by atoms with Gasteiger partial charge in [0.05, 0.1) is 0 Å². The third-order valence-electron chi connectivity index (χ3n) is 3.98. The zero-order valence-electron chi connectivity index (χ0n) is 12.4. The van der Waals surface area contributed by atoms with Gasteiger partial charge in [-0.3, -0.25) is 0 Å². The van der Waals surface area contributed by atoms with Crippen molar-refractivity contribution in [1.29, 1.82) is 0 Å². The van der Waals surface area contributed by atoms with E-state index in [0.717, 1.165) is 5.82 Å². The van der Waals surface area contributed by atoms with Crippen LogP contribution < -0.4 is 5.32 Å². The van der Waals surface area contributed by atoms with Gasteiger partial charge in [0.15, 0.2) is 0 Å². The van der Waals surface area contributed by atoms with E-state index >= 15 is 0 Å². The van der Waals surface area contributed by atoms with Crippen molar-refractivity contribution in [3.63, 3.8) is 0 Å². The molecule has 2 nitrogen and oxygen atoms in total. The molecule has 3 rings (SSSR count). The number of nitrogens with zero attached hydrogens (tertiary/aromatic N) is 1. The van der Waals surface area contributed by atoms with E-state index in [4.69, 9.17) is 0 Å². The largest absolute Gasteiger partial charge is 0.367 e. The standard InChI is InChI=1S/C18H22N2/c1-18(2,3)14-9-10-17(19-12-14)20-16-11-15(16)13-7-5-4-6-8-13/h4-10,12,15-16H,11H2,1-3H3,(H,19,20). The van der Waals surface area contributed by atoms with E-state index in [1.807, 2.05) is 6.20 Å². The van der Waals surface area contributed by atoms with Crippen LogP contribution in [0.4, 0.5) is 5.82 Å². The molecule has 1 fully saturated rings. The maximum absolute atomic E-state index is 4.54. The lowest BCUT2D eigenvalue weighted by molar-refractivity contribution is 0.587. The van der Waals surface area contributed by atoms with Crippen molar-refractivity contribution in [3.05, 3.63) is 59.8 Å². The molecule has 1 aliphatic carbocycles. The Labute approximate surface area is 121 Å². The van der Waals surface area contributed by atoms with E-state index in [-0.39, 0.29) is 5.41 Å². The second kappa shape index (κ2) is 4.93. The molecule has 1 aromatic carbocycles. The Balaban J connectivity index is 1.63. The number of rotatable bonds is 3. The third-order valence-corrected chi connectivity index (χ3v) is 3.98. The normalized spacial score (nSPS) is 21.6. The zero-order chi connectivity index (χ0) is 14.2. The molecule has 1 aromatic heterocycles. The van der Waals surface area contributed by atoms with Crippen LogP contribution in [0.3, 0.4) is 0 Å². The molecule has 0 spiro atoms. The zero-order valence-corrected chi connectivity index (χ0v) is 12.4. The van der Waals surface area contributed by atoms with Gasteiger partial charge in [-0.2, -0.15) is 0 Å². The van der Waals surface area contributed by atoms with Gasteiger partial charge < -0.3 is 5.32 Å². The molecule has 2 unspecified atom stereocenters. The van der Waals surface area contributed by atoms with Crippen LogP contribution in [0.1, 0.15) is 44.2 Å². The molecule has 2 atom stereocenters. The SMILES string of the molecule is CC(C)(C)c1ccc(NC2CC2c2ccccc2)nc1. The van der Waals surface area contributed by atoms with Crippen LogP contribution in [0.5, 0.6) is 0 Å². The lowest BCUT2D eigenvalue weighted by Crippen LogP contribution is -2.12. The van der Waals surface area contributed by atoms with E-state index in [1.54, 1.807) is 0 Å². The minimum Gasteiger partial charge on any atom is -0.367 e. The monoisotopic (exact) mass is 266 g/mol. The minimum atomic E-state index is 0.164. The molecule has 1 heterocycles. The molecule has 1 saturated carbocycles. The topological polar surface area (TPSA) is 24.9 Å². The number of benzene rings is 1. The highest BCUT2D eigenvalue weighted by Gasteiger charge is 2.38. The lowest BCUT2D eigenvalue weighted by atomic mass is 9.88. The highest BCUT2D eigenvalue weighted by molar-refractivity contribution is 5.43. The van der Waals surface area contributed by atoms with Gasteiger partial charge in [-0.25, -0.2) is 4.98 Å². The maximum atomic E-state index is 4.54. The molecule has 0 aliphatic heterocycles. The molecule has 0 amide bonds. The quantitative estimate of drug-likeness (QED) is 0.893. The second-order valence-corrected chi connectivity index (χ2v) is 6.69. The van der Waals surface area contributed by atoms with Crippen LogP contribution in [0.15, 0.2) is 48.7 Å². The summed E-state index contributed by atoms with van der Waals surface area (Å²) in [5.41, 5.74) is 2.87. The summed E-state index contributed by atoms with van der Waals surface area (Å²) in [6.07, 6.45) is 3.19. The van der Waals surface area contributed by atoms with Crippen molar-refractivity contribution in [2.75, 3.05) is 5.32 Å². The third kappa shape index (κ3) is 2.84. The summed E-state index contributed by atoms with van der Waals surface area (Å²) in [6, 6.07) is 15.5. The molecule has 0 radical (unpaired) electrons. The van der Waals surface area contributed by atoms with Gasteiger partial charge in [-0.15, -0.1) is 0 Å². The second-order valence-electron chi connectivity index (χ2n) is 6.69. The van der Waals surface area contributed by atoms with E-state index in [0.29, 0.717) is 12.0 Å². The van der Waals surface area contributed by atoms with Gasteiger partial charge in [-0.1, -0.05) is 57.2 Å². The summed E-state index contributed by atoms with van der Waals surface area (Å²) in [4.78, 5) is 4.54. The fourth-order valence-electron chi connectivity index (χ4n) is 2.54. The van der Waals surface area contributed by atoms with E-state index in [1.165, 1.54) is 17.5 Å². The maximum Gasteiger partial charge on any atom is 0.126 e. The van der Waals surface area contributed by atoms with E-state index in [9.17, 15) is 0 Å². The number of pyridine rings is 1. The molecule has 0 bridgehead atoms.